The van der Waals surface area contributed by atoms with Gasteiger partial charge in [-0.15, -0.1) is 0 Å². The van der Waals surface area contributed by atoms with Gasteiger partial charge in [-0.05, 0) is 38.5 Å². The van der Waals surface area contributed by atoms with E-state index in [0.29, 0.717) is 17.9 Å². The minimum atomic E-state index is 0.380. The maximum atomic E-state index is 12.5. The number of aryl methyl sites for hydroxylation is 1. The number of rotatable bonds is 5. The van der Waals surface area contributed by atoms with Crippen LogP contribution in [0.2, 0.25) is 0 Å². The van der Waals surface area contributed by atoms with E-state index in [9.17, 15) is 4.79 Å². The Morgan fingerprint density at radius 1 is 1.22 bits per heavy atom. The van der Waals surface area contributed by atoms with Gasteiger partial charge in [-0.2, -0.15) is 0 Å². The maximum absolute atomic E-state index is 12.5. The second kappa shape index (κ2) is 6.29. The van der Waals surface area contributed by atoms with Gasteiger partial charge in [-0.3, -0.25) is 4.79 Å². The van der Waals surface area contributed by atoms with Crippen molar-refractivity contribution < 1.29 is 4.79 Å². The first-order valence-corrected chi connectivity index (χ1v) is 9.54. The number of imidazole rings is 1. The third kappa shape index (κ3) is 3.17. The molecule has 1 amide bonds. The second-order valence-corrected chi connectivity index (χ2v) is 7.87. The van der Waals surface area contributed by atoms with Crippen LogP contribution >= 0.6 is 0 Å². The SMILES string of the molecule is Cc1cnc(C2CC2)n1C1CCN(C(=O)CCC2CCCC2)C1. The molecule has 0 spiro atoms. The summed E-state index contributed by atoms with van der Waals surface area (Å²) in [6, 6.07) is 0.448. The Hall–Kier alpha value is -1.32. The third-order valence-electron chi connectivity index (χ3n) is 6.08. The van der Waals surface area contributed by atoms with Crippen molar-refractivity contribution in [3.8, 4) is 0 Å². The fraction of sp³-hybridized carbons (Fsp3) is 0.789. The van der Waals surface area contributed by atoms with E-state index >= 15 is 0 Å². The first kappa shape index (κ1) is 15.2. The lowest BCUT2D eigenvalue weighted by atomic mass is 10.0. The molecule has 1 saturated heterocycles. The molecule has 0 N–H and O–H groups in total. The van der Waals surface area contributed by atoms with Gasteiger partial charge in [0.05, 0.1) is 6.04 Å². The number of likely N-dealkylation sites (tertiary alicyclic amines) is 1. The summed E-state index contributed by atoms with van der Waals surface area (Å²) in [7, 11) is 0. The molecule has 126 valence electrons. The van der Waals surface area contributed by atoms with Crippen LogP contribution in [0.5, 0.6) is 0 Å². The van der Waals surface area contributed by atoms with Crippen LogP contribution in [-0.2, 0) is 4.79 Å². The molecule has 2 saturated carbocycles. The van der Waals surface area contributed by atoms with Crippen molar-refractivity contribution in [1.82, 2.24) is 14.5 Å². The average Bonchev–Trinajstić information content (AvgIpc) is 2.95. The molecule has 1 aromatic heterocycles. The van der Waals surface area contributed by atoms with Crippen molar-refractivity contribution in [3.05, 3.63) is 17.7 Å². The minimum Gasteiger partial charge on any atom is -0.341 e. The minimum absolute atomic E-state index is 0.380. The van der Waals surface area contributed by atoms with Crippen molar-refractivity contribution in [2.45, 2.75) is 76.7 Å². The molecule has 1 aromatic rings. The smallest absolute Gasteiger partial charge is 0.222 e. The molecule has 0 bridgehead atoms. The van der Waals surface area contributed by atoms with Gasteiger partial charge in [0.1, 0.15) is 5.82 Å². The highest BCUT2D eigenvalue weighted by atomic mass is 16.2. The lowest BCUT2D eigenvalue weighted by Crippen LogP contribution is -2.29. The van der Waals surface area contributed by atoms with Crippen LogP contribution in [-0.4, -0.2) is 33.4 Å². The van der Waals surface area contributed by atoms with Crippen LogP contribution in [0.1, 0.15) is 81.3 Å². The van der Waals surface area contributed by atoms with Crippen molar-refractivity contribution >= 4 is 5.91 Å². The van der Waals surface area contributed by atoms with Crippen molar-refractivity contribution in [3.63, 3.8) is 0 Å². The number of nitrogens with zero attached hydrogens (tertiary/aromatic N) is 3. The standard InChI is InChI=1S/C19H29N3O/c1-14-12-20-19(16-7-8-16)22(14)17-10-11-21(13-17)18(23)9-6-15-4-2-3-5-15/h12,15-17H,2-11,13H2,1H3. The van der Waals surface area contributed by atoms with Crippen LogP contribution in [0, 0.1) is 12.8 Å². The van der Waals surface area contributed by atoms with Gasteiger partial charge in [-0.25, -0.2) is 4.98 Å². The summed E-state index contributed by atoms with van der Waals surface area (Å²) in [6.45, 7) is 3.97. The van der Waals surface area contributed by atoms with Crippen LogP contribution in [0.25, 0.3) is 0 Å². The zero-order valence-corrected chi connectivity index (χ0v) is 14.3. The summed E-state index contributed by atoms with van der Waals surface area (Å²) in [5, 5.41) is 0. The van der Waals surface area contributed by atoms with E-state index in [1.165, 1.54) is 50.0 Å². The van der Waals surface area contributed by atoms with E-state index in [2.05, 4.69) is 21.4 Å². The van der Waals surface area contributed by atoms with Gasteiger partial charge in [-0.1, -0.05) is 25.7 Å². The molecule has 1 atom stereocenters. The highest BCUT2D eigenvalue weighted by Crippen LogP contribution is 2.41. The van der Waals surface area contributed by atoms with Crippen LogP contribution in [0.4, 0.5) is 0 Å². The van der Waals surface area contributed by atoms with Gasteiger partial charge >= 0.3 is 0 Å². The molecule has 2 aliphatic carbocycles. The lowest BCUT2D eigenvalue weighted by molar-refractivity contribution is -0.130. The molecule has 3 fully saturated rings. The zero-order chi connectivity index (χ0) is 15.8. The Balaban J connectivity index is 1.35. The van der Waals surface area contributed by atoms with E-state index in [1.54, 1.807) is 0 Å². The largest absolute Gasteiger partial charge is 0.341 e. The van der Waals surface area contributed by atoms with Gasteiger partial charge in [0.25, 0.3) is 0 Å². The number of carbonyl (C=O) groups excluding carboxylic acids is 1. The Labute approximate surface area is 139 Å². The Morgan fingerprint density at radius 3 is 2.74 bits per heavy atom. The predicted molar refractivity (Wildman–Crippen MR) is 90.4 cm³/mol. The predicted octanol–water partition coefficient (Wildman–Crippen LogP) is 3.81. The monoisotopic (exact) mass is 315 g/mol. The average molecular weight is 315 g/mol. The van der Waals surface area contributed by atoms with E-state index in [-0.39, 0.29) is 0 Å². The molecule has 0 aromatic carbocycles. The molecule has 4 nitrogen and oxygen atoms in total. The van der Waals surface area contributed by atoms with Gasteiger partial charge in [0, 0.05) is 37.3 Å². The zero-order valence-electron chi connectivity index (χ0n) is 14.3. The summed E-state index contributed by atoms with van der Waals surface area (Å²) < 4.78 is 2.43. The molecule has 23 heavy (non-hydrogen) atoms. The van der Waals surface area contributed by atoms with E-state index < -0.39 is 0 Å². The van der Waals surface area contributed by atoms with E-state index in [1.807, 2.05) is 6.20 Å². The molecule has 0 radical (unpaired) electrons. The normalized spacial score (nSPS) is 25.4. The summed E-state index contributed by atoms with van der Waals surface area (Å²) in [4.78, 5) is 19.3. The summed E-state index contributed by atoms with van der Waals surface area (Å²) in [6.07, 6.45) is 13.0. The second-order valence-electron chi connectivity index (χ2n) is 7.87. The first-order valence-electron chi connectivity index (χ1n) is 9.54. The van der Waals surface area contributed by atoms with Crippen LogP contribution < -0.4 is 0 Å². The van der Waals surface area contributed by atoms with Crippen LogP contribution in [0.3, 0.4) is 0 Å². The van der Waals surface area contributed by atoms with Gasteiger partial charge < -0.3 is 9.47 Å². The molecule has 1 aliphatic heterocycles. The molecule has 1 unspecified atom stereocenters. The summed E-state index contributed by atoms with van der Waals surface area (Å²) in [5.41, 5.74) is 1.26. The quantitative estimate of drug-likeness (QED) is 0.828. The molecule has 4 heteroatoms. The van der Waals surface area contributed by atoms with E-state index in [4.69, 9.17) is 0 Å². The molecule has 2 heterocycles. The summed E-state index contributed by atoms with van der Waals surface area (Å²) >= 11 is 0. The fourth-order valence-electron chi connectivity index (χ4n) is 4.55. The van der Waals surface area contributed by atoms with Gasteiger partial charge in [0.2, 0.25) is 5.91 Å². The van der Waals surface area contributed by atoms with Crippen molar-refractivity contribution in [2.75, 3.05) is 13.1 Å². The number of amides is 1. The maximum Gasteiger partial charge on any atom is 0.222 e. The number of hydrogen-bond acceptors (Lipinski definition) is 2. The molecular weight excluding hydrogens is 286 g/mol. The third-order valence-corrected chi connectivity index (χ3v) is 6.08. The lowest BCUT2D eigenvalue weighted by Gasteiger charge is -2.20. The Morgan fingerprint density at radius 2 is 2.00 bits per heavy atom. The van der Waals surface area contributed by atoms with Crippen molar-refractivity contribution in [2.24, 2.45) is 5.92 Å². The highest BCUT2D eigenvalue weighted by molar-refractivity contribution is 5.76. The Bertz CT molecular complexity index is 569. The molecule has 4 rings (SSSR count). The van der Waals surface area contributed by atoms with Gasteiger partial charge in [0.15, 0.2) is 0 Å². The van der Waals surface area contributed by atoms with Crippen molar-refractivity contribution in [1.29, 1.82) is 0 Å². The summed E-state index contributed by atoms with van der Waals surface area (Å²) in [5.74, 6) is 3.14. The molecule has 3 aliphatic rings. The first-order chi connectivity index (χ1) is 11.2. The van der Waals surface area contributed by atoms with E-state index in [0.717, 1.165) is 38.3 Å². The number of aromatic nitrogens is 2. The number of hydrogen-bond donors (Lipinski definition) is 0. The highest BCUT2D eigenvalue weighted by Gasteiger charge is 2.34. The van der Waals surface area contributed by atoms with Crippen LogP contribution in [0.15, 0.2) is 6.20 Å². The Kier molecular flexibility index (Phi) is 4.16. The number of carbonyl (C=O) groups is 1. The topological polar surface area (TPSA) is 38.1 Å². The molecular formula is C19H29N3O. The fourth-order valence-corrected chi connectivity index (χ4v) is 4.55.